The SMILES string of the molecule is CCN(c1ccccc1)c1cc(C(=O)NCC(C)C)ncn1. The lowest BCUT2D eigenvalue weighted by molar-refractivity contribution is 0.0944. The van der Waals surface area contributed by atoms with Gasteiger partial charge in [-0.1, -0.05) is 32.0 Å². The van der Waals surface area contributed by atoms with Crippen molar-refractivity contribution >= 4 is 17.4 Å². The molecule has 0 saturated carbocycles. The van der Waals surface area contributed by atoms with E-state index in [2.05, 4.69) is 29.1 Å². The molecule has 5 heteroatoms. The molecule has 1 aromatic heterocycles. The highest BCUT2D eigenvalue weighted by Crippen LogP contribution is 2.22. The summed E-state index contributed by atoms with van der Waals surface area (Å²) in [5.41, 5.74) is 1.43. The van der Waals surface area contributed by atoms with Crippen molar-refractivity contribution in [3.05, 3.63) is 48.4 Å². The Hall–Kier alpha value is -2.43. The number of hydrogen-bond acceptors (Lipinski definition) is 4. The largest absolute Gasteiger partial charge is 0.350 e. The fourth-order valence-corrected chi connectivity index (χ4v) is 2.09. The molecule has 22 heavy (non-hydrogen) atoms. The van der Waals surface area contributed by atoms with Gasteiger partial charge in [-0.25, -0.2) is 9.97 Å². The maximum atomic E-state index is 12.1. The number of nitrogens with zero attached hydrogens (tertiary/aromatic N) is 3. The van der Waals surface area contributed by atoms with Crippen LogP contribution < -0.4 is 10.2 Å². The second-order valence-corrected chi connectivity index (χ2v) is 5.45. The number of nitrogens with one attached hydrogen (secondary N) is 1. The van der Waals surface area contributed by atoms with Crippen LogP contribution in [0.3, 0.4) is 0 Å². The second kappa shape index (κ2) is 7.54. The van der Waals surface area contributed by atoms with Crippen molar-refractivity contribution in [2.24, 2.45) is 5.92 Å². The summed E-state index contributed by atoms with van der Waals surface area (Å²) < 4.78 is 0. The van der Waals surface area contributed by atoms with Crippen molar-refractivity contribution in [3.63, 3.8) is 0 Å². The van der Waals surface area contributed by atoms with Gasteiger partial charge >= 0.3 is 0 Å². The van der Waals surface area contributed by atoms with Crippen LogP contribution in [-0.4, -0.2) is 29.0 Å². The fraction of sp³-hybridized carbons (Fsp3) is 0.353. The van der Waals surface area contributed by atoms with E-state index in [0.717, 1.165) is 18.1 Å². The molecule has 1 N–H and O–H groups in total. The van der Waals surface area contributed by atoms with E-state index in [1.54, 1.807) is 6.07 Å². The van der Waals surface area contributed by atoms with E-state index < -0.39 is 0 Å². The Morgan fingerprint density at radius 1 is 1.23 bits per heavy atom. The lowest BCUT2D eigenvalue weighted by Crippen LogP contribution is -2.28. The third-order valence-corrected chi connectivity index (χ3v) is 3.22. The van der Waals surface area contributed by atoms with Crippen molar-refractivity contribution in [2.45, 2.75) is 20.8 Å². The summed E-state index contributed by atoms with van der Waals surface area (Å²) in [6.45, 7) is 7.55. The predicted octanol–water partition coefficient (Wildman–Crippen LogP) is 3.02. The van der Waals surface area contributed by atoms with Crippen LogP contribution in [0.5, 0.6) is 0 Å². The van der Waals surface area contributed by atoms with Crippen LogP contribution in [0.4, 0.5) is 11.5 Å². The summed E-state index contributed by atoms with van der Waals surface area (Å²) in [5.74, 6) is 0.960. The zero-order valence-corrected chi connectivity index (χ0v) is 13.3. The number of para-hydroxylation sites is 1. The molecule has 0 spiro atoms. The monoisotopic (exact) mass is 298 g/mol. The summed E-state index contributed by atoms with van der Waals surface area (Å²) in [6, 6.07) is 11.7. The molecule has 5 nitrogen and oxygen atoms in total. The highest BCUT2D eigenvalue weighted by Gasteiger charge is 2.13. The number of hydrogen-bond donors (Lipinski definition) is 1. The lowest BCUT2D eigenvalue weighted by Gasteiger charge is -2.22. The van der Waals surface area contributed by atoms with Gasteiger partial charge in [0.25, 0.3) is 5.91 Å². The molecule has 0 fully saturated rings. The normalized spacial score (nSPS) is 10.5. The average molecular weight is 298 g/mol. The van der Waals surface area contributed by atoms with Gasteiger partial charge in [0.2, 0.25) is 0 Å². The summed E-state index contributed by atoms with van der Waals surface area (Å²) in [7, 11) is 0. The van der Waals surface area contributed by atoms with E-state index >= 15 is 0 Å². The molecule has 2 rings (SSSR count). The van der Waals surface area contributed by atoms with Gasteiger partial charge in [-0.05, 0) is 25.0 Å². The Kier molecular flexibility index (Phi) is 5.47. The lowest BCUT2D eigenvalue weighted by atomic mass is 10.2. The molecule has 1 aromatic carbocycles. The van der Waals surface area contributed by atoms with E-state index in [9.17, 15) is 4.79 Å². The van der Waals surface area contributed by atoms with E-state index in [1.165, 1.54) is 6.33 Å². The first-order valence-electron chi connectivity index (χ1n) is 7.54. The number of aromatic nitrogens is 2. The van der Waals surface area contributed by atoms with Gasteiger partial charge in [-0.2, -0.15) is 0 Å². The molecule has 1 amide bonds. The van der Waals surface area contributed by atoms with Gasteiger partial charge < -0.3 is 10.2 Å². The Balaban J connectivity index is 2.21. The third kappa shape index (κ3) is 4.04. The number of anilines is 2. The average Bonchev–Trinajstić information content (AvgIpc) is 2.54. The topological polar surface area (TPSA) is 58.1 Å². The van der Waals surface area contributed by atoms with Gasteiger partial charge in [-0.15, -0.1) is 0 Å². The van der Waals surface area contributed by atoms with Crippen LogP contribution in [-0.2, 0) is 0 Å². The zero-order chi connectivity index (χ0) is 15.9. The first-order valence-corrected chi connectivity index (χ1v) is 7.54. The van der Waals surface area contributed by atoms with Crippen LogP contribution >= 0.6 is 0 Å². The second-order valence-electron chi connectivity index (χ2n) is 5.45. The van der Waals surface area contributed by atoms with Crippen LogP contribution in [0.25, 0.3) is 0 Å². The highest BCUT2D eigenvalue weighted by molar-refractivity contribution is 5.93. The molecule has 0 saturated heterocycles. The summed E-state index contributed by atoms with van der Waals surface area (Å²) in [5, 5.41) is 2.87. The van der Waals surface area contributed by atoms with Crippen molar-refractivity contribution in [1.82, 2.24) is 15.3 Å². The van der Waals surface area contributed by atoms with Crippen molar-refractivity contribution in [3.8, 4) is 0 Å². The summed E-state index contributed by atoms with van der Waals surface area (Å²) >= 11 is 0. The Morgan fingerprint density at radius 2 is 1.95 bits per heavy atom. The molecule has 0 aliphatic rings. The summed E-state index contributed by atoms with van der Waals surface area (Å²) in [4.78, 5) is 22.5. The Labute approximate surface area is 131 Å². The molecule has 0 unspecified atom stereocenters. The van der Waals surface area contributed by atoms with Crippen LogP contribution in [0.2, 0.25) is 0 Å². The van der Waals surface area contributed by atoms with E-state index in [4.69, 9.17) is 0 Å². The van der Waals surface area contributed by atoms with Crippen LogP contribution in [0, 0.1) is 5.92 Å². The highest BCUT2D eigenvalue weighted by atomic mass is 16.1. The number of carbonyl (C=O) groups is 1. The standard InChI is InChI=1S/C17H22N4O/c1-4-21(14-8-6-5-7-9-14)16-10-15(19-12-20-16)17(22)18-11-13(2)3/h5-10,12-13H,4,11H2,1-3H3,(H,18,22). The van der Waals surface area contributed by atoms with Gasteiger partial charge in [0.1, 0.15) is 17.8 Å². The van der Waals surface area contributed by atoms with Crippen LogP contribution in [0.15, 0.2) is 42.7 Å². The first kappa shape index (κ1) is 15.9. The van der Waals surface area contributed by atoms with Crippen LogP contribution in [0.1, 0.15) is 31.3 Å². The molecule has 116 valence electrons. The minimum atomic E-state index is -0.165. The fourth-order valence-electron chi connectivity index (χ4n) is 2.09. The van der Waals surface area contributed by atoms with Crippen molar-refractivity contribution in [1.29, 1.82) is 0 Å². The Bertz CT molecular complexity index is 613. The Morgan fingerprint density at radius 3 is 2.59 bits per heavy atom. The summed E-state index contributed by atoms with van der Waals surface area (Å²) in [6.07, 6.45) is 1.44. The maximum Gasteiger partial charge on any atom is 0.270 e. The molecular weight excluding hydrogens is 276 g/mol. The smallest absolute Gasteiger partial charge is 0.270 e. The number of carbonyl (C=O) groups excluding carboxylic acids is 1. The van der Waals surface area contributed by atoms with Gasteiger partial charge in [-0.3, -0.25) is 4.79 Å². The predicted molar refractivity (Wildman–Crippen MR) is 88.3 cm³/mol. The molecule has 0 radical (unpaired) electrons. The van der Waals surface area contributed by atoms with Gasteiger partial charge in [0, 0.05) is 24.8 Å². The number of benzene rings is 1. The molecule has 2 aromatic rings. The molecule has 0 bridgehead atoms. The van der Waals surface area contributed by atoms with Crippen molar-refractivity contribution < 1.29 is 4.79 Å². The molecule has 0 aliphatic carbocycles. The number of rotatable bonds is 6. The minimum Gasteiger partial charge on any atom is -0.350 e. The molecule has 1 heterocycles. The first-order chi connectivity index (χ1) is 10.6. The minimum absolute atomic E-state index is 0.165. The quantitative estimate of drug-likeness (QED) is 0.890. The molecular formula is C17H22N4O. The third-order valence-electron chi connectivity index (χ3n) is 3.22. The van der Waals surface area contributed by atoms with Crippen molar-refractivity contribution in [2.75, 3.05) is 18.0 Å². The molecule has 0 atom stereocenters. The van der Waals surface area contributed by atoms with Gasteiger partial charge in [0.05, 0.1) is 0 Å². The van der Waals surface area contributed by atoms with E-state index in [1.807, 2.05) is 42.2 Å². The van der Waals surface area contributed by atoms with E-state index in [0.29, 0.717) is 18.2 Å². The number of amides is 1. The van der Waals surface area contributed by atoms with Gasteiger partial charge in [0.15, 0.2) is 0 Å². The zero-order valence-electron chi connectivity index (χ0n) is 13.3. The molecule has 0 aliphatic heterocycles. The van der Waals surface area contributed by atoms with E-state index in [-0.39, 0.29) is 5.91 Å². The maximum absolute atomic E-state index is 12.1.